The minimum Gasteiger partial charge on any atom is -0.393 e. The number of aromatic nitrogens is 1. The van der Waals surface area contributed by atoms with Crippen LogP contribution in [0.5, 0.6) is 0 Å². The van der Waals surface area contributed by atoms with E-state index < -0.39 is 10.0 Å². The SMILES string of the molecule is CN(C)S(=O)(=O)c1c(N)nsc1N1CC2CCC(O)C2C1. The van der Waals surface area contributed by atoms with Gasteiger partial charge in [0.2, 0.25) is 10.0 Å². The molecule has 9 heteroatoms. The summed E-state index contributed by atoms with van der Waals surface area (Å²) in [4.78, 5) is 2.12. The number of hydrogen-bond donors (Lipinski definition) is 2. The highest BCUT2D eigenvalue weighted by Crippen LogP contribution is 2.44. The van der Waals surface area contributed by atoms with E-state index in [9.17, 15) is 13.5 Å². The third-order valence-corrected chi connectivity index (χ3v) is 7.43. The van der Waals surface area contributed by atoms with Crippen LogP contribution in [0.4, 0.5) is 10.8 Å². The van der Waals surface area contributed by atoms with Crippen LogP contribution in [0.2, 0.25) is 0 Å². The summed E-state index contributed by atoms with van der Waals surface area (Å²) >= 11 is 1.12. The van der Waals surface area contributed by atoms with Crippen LogP contribution < -0.4 is 10.6 Å². The molecule has 1 saturated heterocycles. The summed E-state index contributed by atoms with van der Waals surface area (Å²) in [6, 6.07) is 0. The minimum atomic E-state index is -3.62. The van der Waals surface area contributed by atoms with Crippen LogP contribution in [0.1, 0.15) is 12.8 Å². The number of anilines is 2. The molecule has 118 valence electrons. The lowest BCUT2D eigenvalue weighted by Crippen LogP contribution is -2.28. The molecular formula is C12H20N4O3S2. The largest absolute Gasteiger partial charge is 0.393 e. The van der Waals surface area contributed by atoms with Crippen molar-refractivity contribution < 1.29 is 13.5 Å². The van der Waals surface area contributed by atoms with E-state index in [4.69, 9.17) is 5.73 Å². The Hall–Kier alpha value is -0.900. The molecule has 1 aliphatic heterocycles. The maximum absolute atomic E-state index is 12.4. The lowest BCUT2D eigenvalue weighted by molar-refractivity contribution is 0.133. The van der Waals surface area contributed by atoms with E-state index in [2.05, 4.69) is 4.37 Å². The molecule has 0 radical (unpaired) electrons. The van der Waals surface area contributed by atoms with E-state index >= 15 is 0 Å². The topological polar surface area (TPSA) is 99.8 Å². The predicted molar refractivity (Wildman–Crippen MR) is 81.8 cm³/mol. The molecule has 0 amide bonds. The molecule has 2 aliphatic rings. The van der Waals surface area contributed by atoms with Crippen molar-refractivity contribution in [2.24, 2.45) is 11.8 Å². The summed E-state index contributed by atoms with van der Waals surface area (Å²) in [7, 11) is -0.648. The molecule has 3 rings (SSSR count). The number of hydrogen-bond acceptors (Lipinski definition) is 7. The van der Waals surface area contributed by atoms with E-state index in [1.807, 2.05) is 4.90 Å². The summed E-state index contributed by atoms with van der Waals surface area (Å²) in [5, 5.41) is 10.6. The van der Waals surface area contributed by atoms with Crippen molar-refractivity contribution in [1.82, 2.24) is 8.68 Å². The summed E-state index contributed by atoms with van der Waals surface area (Å²) in [6.45, 7) is 1.43. The normalized spacial score (nSPS) is 29.3. The van der Waals surface area contributed by atoms with Crippen LogP contribution in [0.25, 0.3) is 0 Å². The van der Waals surface area contributed by atoms with Gasteiger partial charge in [-0.1, -0.05) is 0 Å². The lowest BCUT2D eigenvalue weighted by Gasteiger charge is -2.21. The van der Waals surface area contributed by atoms with E-state index in [1.165, 1.54) is 14.1 Å². The Morgan fingerprint density at radius 1 is 1.38 bits per heavy atom. The third-order valence-electron chi connectivity index (χ3n) is 4.50. The van der Waals surface area contributed by atoms with Crippen LogP contribution in [0.15, 0.2) is 4.90 Å². The van der Waals surface area contributed by atoms with Gasteiger partial charge in [0.05, 0.1) is 6.10 Å². The number of nitrogen functional groups attached to an aromatic ring is 1. The Balaban J connectivity index is 1.95. The fourth-order valence-corrected chi connectivity index (χ4v) is 5.55. The molecule has 7 nitrogen and oxygen atoms in total. The number of nitrogens with zero attached hydrogens (tertiary/aromatic N) is 3. The van der Waals surface area contributed by atoms with Gasteiger partial charge in [-0.3, -0.25) is 0 Å². The second kappa shape index (κ2) is 5.08. The summed E-state index contributed by atoms with van der Waals surface area (Å²) < 4.78 is 30.1. The van der Waals surface area contributed by atoms with Crippen molar-refractivity contribution in [2.75, 3.05) is 37.8 Å². The quantitative estimate of drug-likeness (QED) is 0.819. The number of nitrogens with two attached hydrogens (primary N) is 1. The molecule has 0 spiro atoms. The zero-order valence-electron chi connectivity index (χ0n) is 12.1. The van der Waals surface area contributed by atoms with Gasteiger partial charge in [0, 0.05) is 33.1 Å². The maximum Gasteiger partial charge on any atom is 0.249 e. The predicted octanol–water partition coefficient (Wildman–Crippen LogP) is 0.183. The van der Waals surface area contributed by atoms with Crippen molar-refractivity contribution in [3.05, 3.63) is 0 Å². The molecule has 1 saturated carbocycles. The summed E-state index contributed by atoms with van der Waals surface area (Å²) in [5.41, 5.74) is 5.79. The first-order valence-corrected chi connectivity index (χ1v) is 9.14. The molecule has 1 aliphatic carbocycles. The average Bonchev–Trinajstić information content (AvgIpc) is 3.05. The van der Waals surface area contributed by atoms with Crippen LogP contribution in [0.3, 0.4) is 0 Å². The standard InChI is InChI=1S/C12H20N4O3S2/c1-15(2)21(18,19)10-11(13)14-20-12(10)16-5-7-3-4-9(17)8(7)6-16/h7-9,17H,3-6H2,1-2H3,(H2,13,14). The minimum absolute atomic E-state index is 0.0568. The fourth-order valence-electron chi connectivity index (χ4n) is 3.31. The number of aliphatic hydroxyl groups is 1. The Morgan fingerprint density at radius 2 is 2.10 bits per heavy atom. The zero-order chi connectivity index (χ0) is 15.4. The van der Waals surface area contributed by atoms with Crippen LogP contribution in [-0.4, -0.2) is 55.5 Å². The first-order chi connectivity index (χ1) is 9.82. The van der Waals surface area contributed by atoms with Crippen molar-refractivity contribution in [2.45, 2.75) is 23.8 Å². The van der Waals surface area contributed by atoms with Crippen molar-refractivity contribution >= 4 is 32.4 Å². The molecule has 2 fully saturated rings. The van der Waals surface area contributed by atoms with Crippen LogP contribution in [0, 0.1) is 11.8 Å². The smallest absolute Gasteiger partial charge is 0.249 e. The van der Waals surface area contributed by atoms with Gasteiger partial charge in [-0.15, -0.1) is 0 Å². The van der Waals surface area contributed by atoms with E-state index in [0.717, 1.165) is 35.2 Å². The van der Waals surface area contributed by atoms with Gasteiger partial charge in [-0.25, -0.2) is 12.7 Å². The van der Waals surface area contributed by atoms with Gasteiger partial charge >= 0.3 is 0 Å². The van der Waals surface area contributed by atoms with E-state index in [1.54, 1.807) is 0 Å². The second-order valence-electron chi connectivity index (χ2n) is 5.96. The molecular weight excluding hydrogens is 312 g/mol. The number of aliphatic hydroxyl groups excluding tert-OH is 1. The zero-order valence-corrected chi connectivity index (χ0v) is 13.7. The van der Waals surface area contributed by atoms with Gasteiger partial charge < -0.3 is 15.7 Å². The van der Waals surface area contributed by atoms with Crippen LogP contribution >= 0.6 is 11.5 Å². The molecule has 0 aromatic carbocycles. The van der Waals surface area contributed by atoms with Gasteiger partial charge in [-0.2, -0.15) is 4.37 Å². The molecule has 3 atom stereocenters. The Labute approximate surface area is 128 Å². The Morgan fingerprint density at radius 3 is 2.71 bits per heavy atom. The number of rotatable bonds is 3. The van der Waals surface area contributed by atoms with Crippen LogP contribution in [-0.2, 0) is 10.0 Å². The maximum atomic E-state index is 12.4. The van der Waals surface area contributed by atoms with Crippen molar-refractivity contribution in [3.63, 3.8) is 0 Å². The Kier molecular flexibility index (Phi) is 3.63. The first-order valence-electron chi connectivity index (χ1n) is 6.93. The second-order valence-corrected chi connectivity index (χ2v) is 8.80. The molecule has 2 heterocycles. The molecule has 21 heavy (non-hydrogen) atoms. The van der Waals surface area contributed by atoms with Gasteiger partial charge in [0.1, 0.15) is 5.00 Å². The fraction of sp³-hybridized carbons (Fsp3) is 0.750. The molecule has 3 N–H and O–H groups in total. The number of sulfonamides is 1. The monoisotopic (exact) mass is 332 g/mol. The third kappa shape index (κ3) is 2.32. The average molecular weight is 332 g/mol. The first kappa shape index (κ1) is 15.0. The molecule has 0 bridgehead atoms. The summed E-state index contributed by atoms with van der Waals surface area (Å²) in [5.74, 6) is 0.711. The number of fused-ring (bicyclic) bond motifs is 1. The highest BCUT2D eigenvalue weighted by atomic mass is 32.2. The highest BCUT2D eigenvalue weighted by Gasteiger charge is 2.44. The molecule has 1 aromatic heterocycles. The Bertz CT molecular complexity index is 643. The highest BCUT2D eigenvalue weighted by molar-refractivity contribution is 7.89. The lowest BCUT2D eigenvalue weighted by atomic mass is 10.00. The van der Waals surface area contributed by atoms with E-state index in [0.29, 0.717) is 17.5 Å². The van der Waals surface area contributed by atoms with Gasteiger partial charge in [-0.05, 0) is 30.3 Å². The molecule has 1 aromatic rings. The molecule has 3 unspecified atom stereocenters. The van der Waals surface area contributed by atoms with Crippen molar-refractivity contribution in [3.8, 4) is 0 Å². The van der Waals surface area contributed by atoms with Gasteiger partial charge in [0.25, 0.3) is 0 Å². The van der Waals surface area contributed by atoms with Gasteiger partial charge in [0.15, 0.2) is 10.7 Å². The summed E-state index contributed by atoms with van der Waals surface area (Å²) in [6.07, 6.45) is 1.56. The van der Waals surface area contributed by atoms with E-state index in [-0.39, 0.29) is 22.7 Å². The van der Waals surface area contributed by atoms with Crippen molar-refractivity contribution in [1.29, 1.82) is 0 Å².